The second-order valence-corrected chi connectivity index (χ2v) is 4.62. The van der Waals surface area contributed by atoms with Gasteiger partial charge >= 0.3 is 0 Å². The molecule has 0 saturated carbocycles. The highest BCUT2D eigenvalue weighted by molar-refractivity contribution is 5.49. The summed E-state index contributed by atoms with van der Waals surface area (Å²) in [7, 11) is 0. The van der Waals surface area contributed by atoms with Gasteiger partial charge in [-0.1, -0.05) is 6.92 Å². The number of hydrogen-bond donors (Lipinski definition) is 0. The molecule has 0 amide bonds. The van der Waals surface area contributed by atoms with Crippen molar-refractivity contribution in [3.8, 4) is 6.07 Å². The molecule has 0 aliphatic carbocycles. The van der Waals surface area contributed by atoms with Crippen LogP contribution in [0.15, 0.2) is 12.4 Å². The third-order valence-electron chi connectivity index (χ3n) is 3.61. The van der Waals surface area contributed by atoms with Gasteiger partial charge in [0.15, 0.2) is 11.5 Å². The highest BCUT2D eigenvalue weighted by atomic mass is 15.3. The maximum absolute atomic E-state index is 9.04. The number of nitrogens with zero attached hydrogens (tertiary/aromatic N) is 5. The molecule has 1 fully saturated rings. The first-order valence-electron chi connectivity index (χ1n) is 6.46. The molecule has 18 heavy (non-hydrogen) atoms. The Kier molecular flexibility index (Phi) is 4.11. The summed E-state index contributed by atoms with van der Waals surface area (Å²) in [5.41, 5.74) is 0.425. The van der Waals surface area contributed by atoms with Crippen LogP contribution >= 0.6 is 0 Å². The van der Waals surface area contributed by atoms with Crippen LogP contribution in [0.25, 0.3) is 0 Å². The normalized spacial score (nSPS) is 18.4. The van der Waals surface area contributed by atoms with Gasteiger partial charge in [-0.2, -0.15) is 5.26 Å². The Hall–Kier alpha value is -1.67. The molecule has 1 aliphatic heterocycles. The van der Waals surface area contributed by atoms with E-state index < -0.39 is 0 Å². The van der Waals surface area contributed by atoms with Crippen LogP contribution in [0.3, 0.4) is 0 Å². The zero-order chi connectivity index (χ0) is 13.0. The Labute approximate surface area is 108 Å². The third kappa shape index (κ3) is 2.59. The zero-order valence-electron chi connectivity index (χ0n) is 11.0. The SMILES string of the molecule is CCC(C)N1CCN(c2nccnc2C#N)CC1. The van der Waals surface area contributed by atoms with Crippen molar-refractivity contribution in [1.82, 2.24) is 14.9 Å². The molecule has 0 aromatic carbocycles. The lowest BCUT2D eigenvalue weighted by atomic mass is 10.2. The number of aromatic nitrogens is 2. The van der Waals surface area contributed by atoms with E-state index in [1.165, 1.54) is 6.42 Å². The number of rotatable bonds is 3. The smallest absolute Gasteiger partial charge is 0.183 e. The molecule has 96 valence electrons. The van der Waals surface area contributed by atoms with Crippen molar-refractivity contribution in [3.63, 3.8) is 0 Å². The van der Waals surface area contributed by atoms with E-state index in [9.17, 15) is 0 Å². The van der Waals surface area contributed by atoms with E-state index in [1.807, 2.05) is 0 Å². The minimum atomic E-state index is 0.425. The average molecular weight is 245 g/mol. The topological polar surface area (TPSA) is 56.1 Å². The van der Waals surface area contributed by atoms with Crippen molar-refractivity contribution < 1.29 is 0 Å². The van der Waals surface area contributed by atoms with E-state index in [0.29, 0.717) is 11.7 Å². The van der Waals surface area contributed by atoms with Gasteiger partial charge in [0.1, 0.15) is 6.07 Å². The lowest BCUT2D eigenvalue weighted by Gasteiger charge is -2.38. The Morgan fingerprint density at radius 2 is 1.94 bits per heavy atom. The highest BCUT2D eigenvalue weighted by Gasteiger charge is 2.22. The lowest BCUT2D eigenvalue weighted by molar-refractivity contribution is 0.192. The van der Waals surface area contributed by atoms with E-state index in [4.69, 9.17) is 5.26 Å². The quantitative estimate of drug-likeness (QED) is 0.802. The summed E-state index contributed by atoms with van der Waals surface area (Å²) < 4.78 is 0. The molecule has 1 saturated heterocycles. The standard InChI is InChI=1S/C13H19N5/c1-3-11(2)17-6-8-18(9-7-17)13-12(10-14)15-4-5-16-13/h4-5,11H,3,6-9H2,1-2H3. The van der Waals surface area contributed by atoms with Gasteiger partial charge in [-0.25, -0.2) is 9.97 Å². The summed E-state index contributed by atoms with van der Waals surface area (Å²) >= 11 is 0. The number of hydrogen-bond acceptors (Lipinski definition) is 5. The van der Waals surface area contributed by atoms with Crippen LogP contribution in [0, 0.1) is 11.3 Å². The first-order chi connectivity index (χ1) is 8.76. The molecule has 1 aromatic rings. The van der Waals surface area contributed by atoms with E-state index in [0.717, 1.165) is 32.0 Å². The minimum Gasteiger partial charge on any atom is -0.352 e. The summed E-state index contributed by atoms with van der Waals surface area (Å²) in [6.45, 7) is 8.36. The van der Waals surface area contributed by atoms with Crippen LogP contribution < -0.4 is 4.90 Å². The zero-order valence-corrected chi connectivity index (χ0v) is 11.0. The van der Waals surface area contributed by atoms with Crippen molar-refractivity contribution in [2.24, 2.45) is 0 Å². The van der Waals surface area contributed by atoms with Gasteiger partial charge in [-0.3, -0.25) is 4.90 Å². The van der Waals surface area contributed by atoms with Gasteiger partial charge in [0, 0.05) is 44.6 Å². The van der Waals surface area contributed by atoms with Crippen LogP contribution in [-0.4, -0.2) is 47.1 Å². The summed E-state index contributed by atoms with van der Waals surface area (Å²) in [5.74, 6) is 0.726. The van der Waals surface area contributed by atoms with E-state index in [2.05, 4.69) is 39.7 Å². The molecule has 1 atom stereocenters. The second-order valence-electron chi connectivity index (χ2n) is 4.62. The first kappa shape index (κ1) is 12.8. The highest BCUT2D eigenvalue weighted by Crippen LogP contribution is 2.17. The summed E-state index contributed by atoms with van der Waals surface area (Å²) in [4.78, 5) is 13.0. The van der Waals surface area contributed by atoms with Crippen molar-refractivity contribution in [3.05, 3.63) is 18.1 Å². The monoisotopic (exact) mass is 245 g/mol. The van der Waals surface area contributed by atoms with Gasteiger partial charge in [0.2, 0.25) is 0 Å². The van der Waals surface area contributed by atoms with Crippen molar-refractivity contribution in [1.29, 1.82) is 5.26 Å². The van der Waals surface area contributed by atoms with Crippen LogP contribution in [0.4, 0.5) is 5.82 Å². The molecular formula is C13H19N5. The molecule has 1 aliphatic rings. The molecule has 0 N–H and O–H groups in total. The van der Waals surface area contributed by atoms with Gasteiger partial charge in [-0.05, 0) is 13.3 Å². The van der Waals surface area contributed by atoms with Gasteiger partial charge in [-0.15, -0.1) is 0 Å². The summed E-state index contributed by atoms with van der Waals surface area (Å²) in [6, 6.07) is 2.74. The molecular weight excluding hydrogens is 226 g/mol. The van der Waals surface area contributed by atoms with Crippen LogP contribution in [0.5, 0.6) is 0 Å². The lowest BCUT2D eigenvalue weighted by Crippen LogP contribution is -2.49. The Morgan fingerprint density at radius 3 is 2.56 bits per heavy atom. The molecule has 5 nitrogen and oxygen atoms in total. The van der Waals surface area contributed by atoms with Crippen LogP contribution in [0.2, 0.25) is 0 Å². The Morgan fingerprint density at radius 1 is 1.28 bits per heavy atom. The minimum absolute atomic E-state index is 0.425. The number of piperazine rings is 1. The van der Waals surface area contributed by atoms with Crippen molar-refractivity contribution >= 4 is 5.82 Å². The van der Waals surface area contributed by atoms with E-state index in [1.54, 1.807) is 12.4 Å². The van der Waals surface area contributed by atoms with Crippen molar-refractivity contribution in [2.45, 2.75) is 26.3 Å². The van der Waals surface area contributed by atoms with Gasteiger partial charge < -0.3 is 4.90 Å². The predicted octanol–water partition coefficient (Wildman–Crippen LogP) is 1.27. The molecule has 2 heterocycles. The largest absolute Gasteiger partial charge is 0.352 e. The Balaban J connectivity index is 2.04. The second kappa shape index (κ2) is 5.78. The number of anilines is 1. The molecule has 1 unspecified atom stereocenters. The fourth-order valence-corrected chi connectivity index (χ4v) is 2.27. The van der Waals surface area contributed by atoms with Crippen LogP contribution in [0.1, 0.15) is 26.0 Å². The number of nitriles is 1. The molecule has 1 aromatic heterocycles. The maximum atomic E-state index is 9.04. The fraction of sp³-hybridized carbons (Fsp3) is 0.615. The fourth-order valence-electron chi connectivity index (χ4n) is 2.27. The predicted molar refractivity (Wildman–Crippen MR) is 70.3 cm³/mol. The summed E-state index contributed by atoms with van der Waals surface area (Å²) in [6.07, 6.45) is 4.39. The van der Waals surface area contributed by atoms with E-state index in [-0.39, 0.29) is 0 Å². The Bertz CT molecular complexity index is 431. The third-order valence-corrected chi connectivity index (χ3v) is 3.61. The summed E-state index contributed by atoms with van der Waals surface area (Å²) in [5, 5.41) is 9.04. The van der Waals surface area contributed by atoms with Gasteiger partial charge in [0.05, 0.1) is 0 Å². The molecule has 5 heteroatoms. The van der Waals surface area contributed by atoms with E-state index >= 15 is 0 Å². The molecule has 2 rings (SSSR count). The molecule has 0 bridgehead atoms. The van der Waals surface area contributed by atoms with Crippen molar-refractivity contribution in [2.75, 3.05) is 31.1 Å². The van der Waals surface area contributed by atoms with Crippen LogP contribution in [-0.2, 0) is 0 Å². The maximum Gasteiger partial charge on any atom is 0.183 e. The average Bonchev–Trinajstić information content (AvgIpc) is 2.46. The van der Waals surface area contributed by atoms with Gasteiger partial charge in [0.25, 0.3) is 0 Å². The molecule has 0 spiro atoms. The molecule has 0 radical (unpaired) electrons. The first-order valence-corrected chi connectivity index (χ1v) is 6.46.